The van der Waals surface area contributed by atoms with Crippen LogP contribution in [0.15, 0.2) is 35.5 Å². The van der Waals surface area contributed by atoms with E-state index in [0.29, 0.717) is 29.7 Å². The molecule has 5 rings (SSSR count). The van der Waals surface area contributed by atoms with E-state index in [9.17, 15) is 29.7 Å². The Morgan fingerprint density at radius 3 is 2.70 bits per heavy atom. The molecule has 3 aromatic rings. The van der Waals surface area contributed by atoms with Crippen LogP contribution in [0, 0.1) is 11.5 Å². The number of piperidine rings is 1. The standard InChI is InChI=1S/C28H28Cl2N8O6/c29-18-7-16-11-37(26(42)14-1-2-15-9-34-36-19(15)8-14)5-3-17(16)24(30)23(18)25(41)35-20(27(43)44)10-32-28(33-13-31)38-6-4-21(39)22(40)12-38/h1-2,7-9,20-22,39-40H,3-6,10-12H2,(H,32,33)(H,34,36)(H,35,41)(H,43,44)/t20-,21+,22-/m0/s1. The average molecular weight is 643 g/mol. The maximum absolute atomic E-state index is 13.3. The SMILES string of the molecule is N#CNC(=NC[C@H](NC(=O)c1c(Cl)cc2c(c1Cl)CCN(C(=O)c1ccc3cn[nH]c3c1)C2)C(=O)O)N1CC[C@@H](O)[C@@H](O)C1. The highest BCUT2D eigenvalue weighted by atomic mass is 35.5. The number of aromatic nitrogens is 2. The normalized spacial score (nSPS) is 19.2. The van der Waals surface area contributed by atoms with Gasteiger partial charge < -0.3 is 30.4 Å². The second-order valence-corrected chi connectivity index (χ2v) is 11.3. The molecular formula is C28H28Cl2N8O6. The number of hydrogen-bond donors (Lipinski definition) is 6. The predicted octanol–water partition coefficient (Wildman–Crippen LogP) is 1.11. The number of guanidine groups is 1. The summed E-state index contributed by atoms with van der Waals surface area (Å²) in [6.07, 6.45) is 1.95. The molecule has 230 valence electrons. The van der Waals surface area contributed by atoms with Gasteiger partial charge in [-0.15, -0.1) is 0 Å². The summed E-state index contributed by atoms with van der Waals surface area (Å²) in [6, 6.07) is 5.31. The lowest BCUT2D eigenvalue weighted by molar-refractivity contribution is -0.138. The van der Waals surface area contributed by atoms with E-state index < -0.39 is 36.7 Å². The highest BCUT2D eigenvalue weighted by Gasteiger charge is 2.31. The third-order valence-corrected chi connectivity index (χ3v) is 8.36. The Morgan fingerprint density at radius 2 is 1.98 bits per heavy atom. The number of benzene rings is 2. The number of rotatable bonds is 6. The van der Waals surface area contributed by atoms with Crippen molar-refractivity contribution in [3.8, 4) is 6.19 Å². The molecule has 2 amide bonds. The van der Waals surface area contributed by atoms with Crippen LogP contribution in [0.1, 0.15) is 38.3 Å². The zero-order valence-corrected chi connectivity index (χ0v) is 24.6. The van der Waals surface area contributed by atoms with E-state index in [1.165, 1.54) is 4.90 Å². The Balaban J connectivity index is 1.30. The molecule has 16 heteroatoms. The molecule has 2 aromatic carbocycles. The van der Waals surface area contributed by atoms with Crippen molar-refractivity contribution in [1.82, 2.24) is 30.6 Å². The maximum Gasteiger partial charge on any atom is 0.328 e. The summed E-state index contributed by atoms with van der Waals surface area (Å²) in [5.74, 6) is -2.41. The average Bonchev–Trinajstić information content (AvgIpc) is 3.47. The number of hydrogen-bond acceptors (Lipinski definition) is 8. The molecule has 0 bridgehead atoms. The van der Waals surface area contributed by atoms with E-state index in [0.717, 1.165) is 10.9 Å². The summed E-state index contributed by atoms with van der Waals surface area (Å²) >= 11 is 13.1. The van der Waals surface area contributed by atoms with Crippen LogP contribution >= 0.6 is 23.2 Å². The Labute approximate surface area is 260 Å². The quantitative estimate of drug-likeness (QED) is 0.0976. The number of aliphatic imine (C=N–C) groups is 1. The van der Waals surface area contributed by atoms with Gasteiger partial charge in [-0.3, -0.25) is 20.0 Å². The highest BCUT2D eigenvalue weighted by Crippen LogP contribution is 2.35. The van der Waals surface area contributed by atoms with E-state index in [-0.39, 0.29) is 53.5 Å². The molecule has 3 heterocycles. The number of aromatic amines is 1. The number of nitriles is 1. The van der Waals surface area contributed by atoms with Crippen LogP contribution in [-0.2, 0) is 17.8 Å². The third kappa shape index (κ3) is 6.41. The number of nitrogens with one attached hydrogen (secondary N) is 3. The number of fused-ring (bicyclic) bond motifs is 2. The molecule has 1 aromatic heterocycles. The highest BCUT2D eigenvalue weighted by molar-refractivity contribution is 6.40. The van der Waals surface area contributed by atoms with Crippen LogP contribution in [0.4, 0.5) is 0 Å². The minimum absolute atomic E-state index is 0.00705. The van der Waals surface area contributed by atoms with Gasteiger partial charge in [-0.05, 0) is 42.2 Å². The van der Waals surface area contributed by atoms with Crippen LogP contribution < -0.4 is 10.6 Å². The van der Waals surface area contributed by atoms with E-state index in [2.05, 4.69) is 25.8 Å². The molecule has 3 atom stereocenters. The van der Waals surface area contributed by atoms with E-state index in [4.69, 9.17) is 28.5 Å². The van der Waals surface area contributed by atoms with Gasteiger partial charge in [-0.2, -0.15) is 10.4 Å². The Morgan fingerprint density at radius 1 is 1.18 bits per heavy atom. The van der Waals surface area contributed by atoms with Crippen molar-refractivity contribution in [3.05, 3.63) is 62.8 Å². The number of carbonyl (C=O) groups is 3. The van der Waals surface area contributed by atoms with E-state index in [1.54, 1.807) is 35.5 Å². The fraction of sp³-hybridized carbons (Fsp3) is 0.357. The number of aliphatic hydroxyl groups is 2. The predicted molar refractivity (Wildman–Crippen MR) is 159 cm³/mol. The molecule has 2 aliphatic rings. The second-order valence-electron chi connectivity index (χ2n) is 10.5. The summed E-state index contributed by atoms with van der Waals surface area (Å²) in [5, 5.41) is 51.2. The molecule has 2 aliphatic heterocycles. The van der Waals surface area contributed by atoms with Gasteiger partial charge in [0.25, 0.3) is 11.8 Å². The lowest BCUT2D eigenvalue weighted by atomic mass is 9.96. The van der Waals surface area contributed by atoms with Gasteiger partial charge in [0.15, 0.2) is 6.19 Å². The fourth-order valence-electron chi connectivity index (χ4n) is 5.26. The number of H-pyrrole nitrogens is 1. The number of likely N-dealkylation sites (tertiary alicyclic amines) is 1. The van der Waals surface area contributed by atoms with Crippen molar-refractivity contribution in [2.75, 3.05) is 26.2 Å². The van der Waals surface area contributed by atoms with Crippen molar-refractivity contribution in [2.24, 2.45) is 4.99 Å². The van der Waals surface area contributed by atoms with Gasteiger partial charge in [0.1, 0.15) is 6.04 Å². The van der Waals surface area contributed by atoms with Crippen molar-refractivity contribution in [1.29, 1.82) is 5.26 Å². The van der Waals surface area contributed by atoms with Gasteiger partial charge in [0.05, 0.1) is 46.1 Å². The van der Waals surface area contributed by atoms with Crippen LogP contribution in [0.2, 0.25) is 10.0 Å². The number of halogens is 2. The molecule has 14 nitrogen and oxygen atoms in total. The number of β-amino-alcohol motifs (C(OH)–C–C–N with tert-alkyl or cyclic N) is 1. The maximum atomic E-state index is 13.3. The molecule has 0 saturated carbocycles. The van der Waals surface area contributed by atoms with Gasteiger partial charge in [-0.25, -0.2) is 9.79 Å². The minimum atomic E-state index is -1.51. The summed E-state index contributed by atoms with van der Waals surface area (Å²) in [7, 11) is 0. The van der Waals surface area contributed by atoms with Gasteiger partial charge >= 0.3 is 5.97 Å². The summed E-state index contributed by atoms with van der Waals surface area (Å²) in [5.41, 5.74) is 2.42. The number of carboxylic acids is 1. The van der Waals surface area contributed by atoms with E-state index in [1.807, 2.05) is 6.07 Å². The zero-order chi connectivity index (χ0) is 31.5. The van der Waals surface area contributed by atoms with Crippen molar-refractivity contribution >= 4 is 57.8 Å². The van der Waals surface area contributed by atoms with Crippen LogP contribution in [0.25, 0.3) is 10.9 Å². The first-order valence-corrected chi connectivity index (χ1v) is 14.4. The van der Waals surface area contributed by atoms with Crippen molar-refractivity contribution in [2.45, 2.75) is 37.6 Å². The summed E-state index contributed by atoms with van der Waals surface area (Å²) in [4.78, 5) is 45.8. The number of nitrogens with zero attached hydrogens (tertiary/aromatic N) is 5. The fourth-order valence-corrected chi connectivity index (χ4v) is 6.02. The smallest absolute Gasteiger partial charge is 0.328 e. The molecule has 0 unspecified atom stereocenters. The molecular weight excluding hydrogens is 615 g/mol. The lowest BCUT2D eigenvalue weighted by Crippen LogP contribution is -2.52. The first-order chi connectivity index (χ1) is 21.1. The number of aliphatic hydroxyl groups excluding tert-OH is 2. The molecule has 6 N–H and O–H groups in total. The van der Waals surface area contributed by atoms with Crippen LogP contribution in [-0.4, -0.2) is 103 Å². The molecule has 0 aliphatic carbocycles. The molecule has 1 saturated heterocycles. The molecule has 0 radical (unpaired) electrons. The van der Waals surface area contributed by atoms with Crippen molar-refractivity contribution in [3.63, 3.8) is 0 Å². The Kier molecular flexibility index (Phi) is 9.21. The van der Waals surface area contributed by atoms with Crippen molar-refractivity contribution < 1.29 is 29.7 Å². The minimum Gasteiger partial charge on any atom is -0.480 e. The van der Waals surface area contributed by atoms with Crippen LogP contribution in [0.5, 0.6) is 0 Å². The van der Waals surface area contributed by atoms with Gasteiger partial charge in [-0.1, -0.05) is 29.3 Å². The summed E-state index contributed by atoms with van der Waals surface area (Å²) < 4.78 is 0. The summed E-state index contributed by atoms with van der Waals surface area (Å²) in [6.45, 7) is 0.320. The second kappa shape index (κ2) is 13.1. The number of aliphatic carboxylic acids is 1. The number of amides is 2. The Hall–Kier alpha value is -4.42. The lowest BCUT2D eigenvalue weighted by Gasteiger charge is -2.34. The number of carboxylic acid groups (broad SMARTS) is 1. The number of carbonyl (C=O) groups excluding carboxylic acids is 2. The van der Waals surface area contributed by atoms with Gasteiger partial charge in [0.2, 0.25) is 5.96 Å². The topological polar surface area (TPSA) is 207 Å². The molecule has 0 spiro atoms. The van der Waals surface area contributed by atoms with Gasteiger partial charge in [0, 0.05) is 37.1 Å². The zero-order valence-electron chi connectivity index (χ0n) is 23.1. The first kappa shape index (κ1) is 31.0. The van der Waals surface area contributed by atoms with E-state index >= 15 is 0 Å². The van der Waals surface area contributed by atoms with Crippen LogP contribution in [0.3, 0.4) is 0 Å². The first-order valence-electron chi connectivity index (χ1n) is 13.6. The Bertz CT molecular complexity index is 1690. The molecule has 1 fully saturated rings. The third-order valence-electron chi connectivity index (χ3n) is 7.65. The monoisotopic (exact) mass is 642 g/mol. The molecule has 44 heavy (non-hydrogen) atoms. The largest absolute Gasteiger partial charge is 0.480 e.